The van der Waals surface area contributed by atoms with Crippen LogP contribution in [-0.2, 0) is 6.54 Å². The summed E-state index contributed by atoms with van der Waals surface area (Å²) >= 11 is 3.24. The highest BCUT2D eigenvalue weighted by Gasteiger charge is 2.12. The molecule has 0 atom stereocenters. The van der Waals surface area contributed by atoms with Crippen LogP contribution in [0.4, 0.5) is 10.1 Å². The Kier molecular flexibility index (Phi) is 6.29. The predicted octanol–water partition coefficient (Wildman–Crippen LogP) is 5.14. The predicted molar refractivity (Wildman–Crippen MR) is 112 cm³/mol. The molecule has 6 heteroatoms. The molecule has 0 unspecified atom stereocenters. The van der Waals surface area contributed by atoms with Gasteiger partial charge in [-0.15, -0.1) is 0 Å². The summed E-state index contributed by atoms with van der Waals surface area (Å²) in [6.45, 7) is 8.38. The van der Waals surface area contributed by atoms with Gasteiger partial charge in [0.1, 0.15) is 5.82 Å². The van der Waals surface area contributed by atoms with Gasteiger partial charge < -0.3 is 14.8 Å². The van der Waals surface area contributed by atoms with Crippen molar-refractivity contribution in [1.29, 1.82) is 0 Å². The molecule has 3 aromatic rings. The number of likely N-dealkylation sites (N-methyl/N-ethyl adjacent to an activating group) is 1. The van der Waals surface area contributed by atoms with E-state index < -0.39 is 0 Å². The molecule has 1 aromatic heterocycles. The Morgan fingerprint density at radius 2 is 1.93 bits per heavy atom. The lowest BCUT2D eigenvalue weighted by molar-refractivity contribution is 0.102. The molecule has 142 valence electrons. The SMILES string of the molecule is CCN(CC)CCn1ccc2cc(NC(=O)c3ccc(F)cc3Br)ccc21. The Balaban J connectivity index is 1.74. The van der Waals surface area contributed by atoms with Gasteiger partial charge in [-0.05, 0) is 71.5 Å². The highest BCUT2D eigenvalue weighted by molar-refractivity contribution is 9.10. The fraction of sp³-hybridized carbons (Fsp3) is 0.286. The second-order valence-electron chi connectivity index (χ2n) is 6.39. The maximum atomic E-state index is 13.2. The molecule has 0 spiro atoms. The van der Waals surface area contributed by atoms with Crippen LogP contribution >= 0.6 is 15.9 Å². The topological polar surface area (TPSA) is 37.3 Å². The average molecular weight is 432 g/mol. The minimum atomic E-state index is -0.383. The van der Waals surface area contributed by atoms with E-state index in [1.165, 1.54) is 18.2 Å². The quantitative estimate of drug-likeness (QED) is 0.562. The molecule has 27 heavy (non-hydrogen) atoms. The Labute approximate surface area is 167 Å². The molecule has 1 N–H and O–H groups in total. The molecule has 0 saturated heterocycles. The van der Waals surface area contributed by atoms with Crippen molar-refractivity contribution in [3.05, 3.63) is 64.5 Å². The molecule has 0 saturated carbocycles. The summed E-state index contributed by atoms with van der Waals surface area (Å²) in [7, 11) is 0. The van der Waals surface area contributed by atoms with E-state index in [1.807, 2.05) is 18.2 Å². The summed E-state index contributed by atoms with van der Waals surface area (Å²) in [4.78, 5) is 14.8. The van der Waals surface area contributed by atoms with Crippen molar-refractivity contribution in [2.75, 3.05) is 25.0 Å². The van der Waals surface area contributed by atoms with Crippen molar-refractivity contribution in [3.63, 3.8) is 0 Å². The van der Waals surface area contributed by atoms with E-state index >= 15 is 0 Å². The number of aromatic nitrogens is 1. The van der Waals surface area contributed by atoms with Crippen LogP contribution < -0.4 is 5.32 Å². The van der Waals surface area contributed by atoms with Crippen molar-refractivity contribution >= 4 is 38.4 Å². The number of anilines is 1. The molecular formula is C21H23BrFN3O. The Morgan fingerprint density at radius 3 is 2.63 bits per heavy atom. The number of carbonyl (C=O) groups excluding carboxylic acids is 1. The van der Waals surface area contributed by atoms with Gasteiger partial charge in [0.05, 0.1) is 5.56 Å². The zero-order chi connectivity index (χ0) is 19.4. The van der Waals surface area contributed by atoms with Gasteiger partial charge in [0.15, 0.2) is 0 Å². The Hall–Kier alpha value is -2.18. The first-order valence-electron chi connectivity index (χ1n) is 9.09. The number of rotatable bonds is 7. The van der Waals surface area contributed by atoms with Crippen LogP contribution in [0.5, 0.6) is 0 Å². The van der Waals surface area contributed by atoms with Gasteiger partial charge in [0, 0.05) is 40.3 Å². The molecule has 0 aliphatic rings. The van der Waals surface area contributed by atoms with Crippen LogP contribution in [0.2, 0.25) is 0 Å². The van der Waals surface area contributed by atoms with Crippen LogP contribution in [-0.4, -0.2) is 35.0 Å². The van der Waals surface area contributed by atoms with Gasteiger partial charge in [0.2, 0.25) is 0 Å². The number of hydrogen-bond acceptors (Lipinski definition) is 2. The van der Waals surface area contributed by atoms with Crippen molar-refractivity contribution in [1.82, 2.24) is 9.47 Å². The molecule has 0 aliphatic carbocycles. The van der Waals surface area contributed by atoms with Gasteiger partial charge in [0.25, 0.3) is 5.91 Å². The Morgan fingerprint density at radius 1 is 1.15 bits per heavy atom. The summed E-state index contributed by atoms with van der Waals surface area (Å²) in [6, 6.07) is 12.0. The maximum absolute atomic E-state index is 13.2. The van der Waals surface area contributed by atoms with E-state index in [0.717, 1.165) is 37.1 Å². The number of carbonyl (C=O) groups is 1. The lowest BCUT2D eigenvalue weighted by Gasteiger charge is -2.18. The van der Waals surface area contributed by atoms with Crippen molar-refractivity contribution < 1.29 is 9.18 Å². The number of nitrogens with zero attached hydrogens (tertiary/aromatic N) is 2. The van der Waals surface area contributed by atoms with Gasteiger partial charge in [-0.25, -0.2) is 4.39 Å². The third kappa shape index (κ3) is 4.57. The molecule has 0 aliphatic heterocycles. The van der Waals surface area contributed by atoms with E-state index in [1.54, 1.807) is 0 Å². The van der Waals surface area contributed by atoms with Crippen molar-refractivity contribution in [2.45, 2.75) is 20.4 Å². The third-order valence-corrected chi connectivity index (χ3v) is 5.41. The number of nitrogens with one attached hydrogen (secondary N) is 1. The number of benzene rings is 2. The largest absolute Gasteiger partial charge is 0.346 e. The average Bonchev–Trinajstić information content (AvgIpc) is 3.04. The molecule has 1 amide bonds. The summed E-state index contributed by atoms with van der Waals surface area (Å²) in [5, 5.41) is 3.95. The van der Waals surface area contributed by atoms with E-state index in [-0.39, 0.29) is 11.7 Å². The second kappa shape index (κ2) is 8.67. The number of hydrogen-bond donors (Lipinski definition) is 1. The maximum Gasteiger partial charge on any atom is 0.256 e. The lowest BCUT2D eigenvalue weighted by Crippen LogP contribution is -2.26. The number of halogens is 2. The van der Waals surface area contributed by atoms with Crippen LogP contribution in [0, 0.1) is 5.82 Å². The first kappa shape index (κ1) is 19.6. The summed E-state index contributed by atoms with van der Waals surface area (Å²) in [5.74, 6) is -0.659. The monoisotopic (exact) mass is 431 g/mol. The van der Waals surface area contributed by atoms with Crippen LogP contribution in [0.15, 0.2) is 53.1 Å². The zero-order valence-corrected chi connectivity index (χ0v) is 17.1. The zero-order valence-electron chi connectivity index (χ0n) is 15.5. The first-order chi connectivity index (χ1) is 13.0. The molecule has 3 rings (SSSR count). The molecular weight excluding hydrogens is 409 g/mol. The lowest BCUT2D eigenvalue weighted by atomic mass is 10.2. The standard InChI is InChI=1S/C21H23BrFN3O/c1-3-25(4-2)11-12-26-10-9-15-13-17(6-8-20(15)26)24-21(27)18-7-5-16(23)14-19(18)22/h5-10,13-14H,3-4,11-12H2,1-2H3,(H,24,27). The minimum Gasteiger partial charge on any atom is -0.346 e. The van der Waals surface area contributed by atoms with Crippen LogP contribution in [0.25, 0.3) is 10.9 Å². The fourth-order valence-electron chi connectivity index (χ4n) is 3.13. The van der Waals surface area contributed by atoms with E-state index in [4.69, 9.17) is 0 Å². The Bertz CT molecular complexity index is 950. The van der Waals surface area contributed by atoms with Gasteiger partial charge in [-0.2, -0.15) is 0 Å². The van der Waals surface area contributed by atoms with Crippen molar-refractivity contribution in [3.8, 4) is 0 Å². The third-order valence-electron chi connectivity index (χ3n) is 4.76. The van der Waals surface area contributed by atoms with Gasteiger partial charge in [-0.1, -0.05) is 13.8 Å². The summed E-state index contributed by atoms with van der Waals surface area (Å²) < 4.78 is 15.9. The summed E-state index contributed by atoms with van der Waals surface area (Å²) in [6.07, 6.45) is 2.08. The fourth-order valence-corrected chi connectivity index (χ4v) is 3.66. The second-order valence-corrected chi connectivity index (χ2v) is 7.24. The highest BCUT2D eigenvalue weighted by atomic mass is 79.9. The number of amides is 1. The molecule has 1 heterocycles. The normalized spacial score (nSPS) is 11.3. The molecule has 0 radical (unpaired) electrons. The highest BCUT2D eigenvalue weighted by Crippen LogP contribution is 2.23. The number of fused-ring (bicyclic) bond motifs is 1. The van der Waals surface area contributed by atoms with Gasteiger partial charge in [-0.3, -0.25) is 4.79 Å². The van der Waals surface area contributed by atoms with Crippen molar-refractivity contribution in [2.24, 2.45) is 0 Å². The minimum absolute atomic E-state index is 0.276. The molecule has 0 bridgehead atoms. The van der Waals surface area contributed by atoms with E-state index in [9.17, 15) is 9.18 Å². The smallest absolute Gasteiger partial charge is 0.256 e. The van der Waals surface area contributed by atoms with Crippen LogP contribution in [0.1, 0.15) is 24.2 Å². The van der Waals surface area contributed by atoms with Gasteiger partial charge >= 0.3 is 0 Å². The summed E-state index contributed by atoms with van der Waals surface area (Å²) in [5.41, 5.74) is 2.25. The molecule has 2 aromatic carbocycles. The first-order valence-corrected chi connectivity index (χ1v) is 9.88. The molecule has 4 nitrogen and oxygen atoms in total. The van der Waals surface area contributed by atoms with Crippen LogP contribution in [0.3, 0.4) is 0 Å². The molecule has 0 fully saturated rings. The van der Waals surface area contributed by atoms with E-state index in [0.29, 0.717) is 15.7 Å². The van der Waals surface area contributed by atoms with E-state index in [2.05, 4.69) is 56.8 Å².